The minimum Gasteiger partial charge on any atom is -0.436 e. The van der Waals surface area contributed by atoms with Crippen molar-refractivity contribution in [1.82, 2.24) is 4.98 Å². The Kier molecular flexibility index (Phi) is 4.17. The van der Waals surface area contributed by atoms with Crippen molar-refractivity contribution in [3.05, 3.63) is 47.0 Å². The molecule has 106 valence electrons. The van der Waals surface area contributed by atoms with Crippen molar-refractivity contribution in [3.8, 4) is 11.6 Å². The van der Waals surface area contributed by atoms with E-state index in [2.05, 4.69) is 10.3 Å². The van der Waals surface area contributed by atoms with Crippen LogP contribution in [0.4, 0.5) is 14.6 Å². The van der Waals surface area contributed by atoms with Crippen LogP contribution in [0.2, 0.25) is 0 Å². The standard InChI is InChI=1S/C15H16F2N2O/c1-4-18-14-12(16)8-13(17)15(19-14)20-11-6-5-9(2)10(3)7-11/h5-8H,4H2,1-3H3,(H,18,19). The van der Waals surface area contributed by atoms with E-state index in [0.29, 0.717) is 12.3 Å². The minimum atomic E-state index is -0.831. The summed E-state index contributed by atoms with van der Waals surface area (Å²) in [6.45, 7) is 6.19. The summed E-state index contributed by atoms with van der Waals surface area (Å²) in [5, 5.41) is 2.72. The summed E-state index contributed by atoms with van der Waals surface area (Å²) in [5.41, 5.74) is 2.13. The molecule has 0 spiro atoms. The predicted molar refractivity (Wildman–Crippen MR) is 74.3 cm³/mol. The largest absolute Gasteiger partial charge is 0.436 e. The molecule has 2 rings (SSSR count). The Balaban J connectivity index is 2.32. The monoisotopic (exact) mass is 278 g/mol. The van der Waals surface area contributed by atoms with Gasteiger partial charge in [-0.05, 0) is 44.0 Å². The van der Waals surface area contributed by atoms with Gasteiger partial charge in [-0.15, -0.1) is 0 Å². The number of pyridine rings is 1. The van der Waals surface area contributed by atoms with E-state index >= 15 is 0 Å². The number of nitrogens with zero attached hydrogens (tertiary/aromatic N) is 1. The highest BCUT2D eigenvalue weighted by Crippen LogP contribution is 2.27. The number of halogens is 2. The number of hydrogen-bond donors (Lipinski definition) is 1. The number of aryl methyl sites for hydroxylation is 2. The summed E-state index contributed by atoms with van der Waals surface area (Å²) in [6, 6.07) is 6.14. The van der Waals surface area contributed by atoms with Crippen molar-refractivity contribution in [3.63, 3.8) is 0 Å². The molecule has 1 N–H and O–H groups in total. The molecule has 0 atom stereocenters. The summed E-state index contributed by atoms with van der Waals surface area (Å²) in [7, 11) is 0. The van der Waals surface area contributed by atoms with E-state index in [0.717, 1.165) is 17.2 Å². The fourth-order valence-electron chi connectivity index (χ4n) is 1.70. The van der Waals surface area contributed by atoms with Crippen LogP contribution < -0.4 is 10.1 Å². The molecule has 0 aliphatic carbocycles. The predicted octanol–water partition coefficient (Wildman–Crippen LogP) is 4.20. The van der Waals surface area contributed by atoms with Gasteiger partial charge >= 0.3 is 0 Å². The third kappa shape index (κ3) is 3.04. The van der Waals surface area contributed by atoms with E-state index in [1.807, 2.05) is 19.9 Å². The number of nitrogens with one attached hydrogen (secondary N) is 1. The van der Waals surface area contributed by atoms with Gasteiger partial charge < -0.3 is 10.1 Å². The molecule has 0 saturated heterocycles. The Bertz CT molecular complexity index is 630. The average Bonchev–Trinajstić information content (AvgIpc) is 2.39. The summed E-state index contributed by atoms with van der Waals surface area (Å²) in [5.74, 6) is -1.37. The first-order valence-electron chi connectivity index (χ1n) is 6.36. The van der Waals surface area contributed by atoms with Crippen molar-refractivity contribution in [2.24, 2.45) is 0 Å². The molecule has 2 aromatic rings. The molecular formula is C15H16F2N2O. The Hall–Kier alpha value is -2.17. The second kappa shape index (κ2) is 5.86. The Morgan fingerprint density at radius 2 is 1.85 bits per heavy atom. The van der Waals surface area contributed by atoms with E-state index in [-0.39, 0.29) is 11.7 Å². The number of ether oxygens (including phenoxy) is 1. The van der Waals surface area contributed by atoms with Crippen LogP contribution >= 0.6 is 0 Å². The van der Waals surface area contributed by atoms with Crippen molar-refractivity contribution in [1.29, 1.82) is 0 Å². The molecule has 0 radical (unpaired) electrons. The number of hydrogen-bond acceptors (Lipinski definition) is 3. The van der Waals surface area contributed by atoms with Gasteiger partial charge in [0.2, 0.25) is 0 Å². The molecule has 1 aromatic carbocycles. The molecule has 0 amide bonds. The molecule has 0 saturated carbocycles. The molecule has 0 unspecified atom stereocenters. The van der Waals surface area contributed by atoms with Crippen LogP contribution in [0, 0.1) is 25.5 Å². The van der Waals surface area contributed by atoms with E-state index in [1.165, 1.54) is 0 Å². The Labute approximate surface area is 116 Å². The number of benzene rings is 1. The van der Waals surface area contributed by atoms with E-state index in [4.69, 9.17) is 4.74 Å². The summed E-state index contributed by atoms with van der Waals surface area (Å²) in [6.07, 6.45) is 0. The van der Waals surface area contributed by atoms with Gasteiger partial charge in [-0.1, -0.05) is 6.07 Å². The first kappa shape index (κ1) is 14.2. The molecule has 0 aliphatic heterocycles. The van der Waals surface area contributed by atoms with Crippen molar-refractivity contribution in [2.75, 3.05) is 11.9 Å². The van der Waals surface area contributed by atoms with Crippen LogP contribution in [0.1, 0.15) is 18.1 Å². The van der Waals surface area contributed by atoms with Crippen molar-refractivity contribution >= 4 is 5.82 Å². The number of rotatable bonds is 4. The third-order valence-electron chi connectivity index (χ3n) is 2.93. The normalized spacial score (nSPS) is 10.4. The number of aromatic nitrogens is 1. The molecule has 0 fully saturated rings. The van der Waals surface area contributed by atoms with Crippen LogP contribution in [0.5, 0.6) is 11.6 Å². The second-order valence-corrected chi connectivity index (χ2v) is 4.48. The molecule has 0 aliphatic rings. The second-order valence-electron chi connectivity index (χ2n) is 4.48. The van der Waals surface area contributed by atoms with Crippen LogP contribution in [0.25, 0.3) is 0 Å². The van der Waals surface area contributed by atoms with Gasteiger partial charge in [-0.2, -0.15) is 4.98 Å². The summed E-state index contributed by atoms with van der Waals surface area (Å²) in [4.78, 5) is 3.83. The first-order chi connectivity index (χ1) is 9.51. The maximum Gasteiger partial charge on any atom is 0.258 e. The zero-order valence-corrected chi connectivity index (χ0v) is 11.6. The highest BCUT2D eigenvalue weighted by molar-refractivity contribution is 5.42. The fourth-order valence-corrected chi connectivity index (χ4v) is 1.70. The minimum absolute atomic E-state index is 0.0206. The van der Waals surface area contributed by atoms with Crippen molar-refractivity contribution in [2.45, 2.75) is 20.8 Å². The lowest BCUT2D eigenvalue weighted by Crippen LogP contribution is -2.04. The maximum atomic E-state index is 13.7. The van der Waals surface area contributed by atoms with E-state index in [9.17, 15) is 8.78 Å². The Morgan fingerprint density at radius 1 is 1.10 bits per heavy atom. The molecule has 0 bridgehead atoms. The summed E-state index contributed by atoms with van der Waals surface area (Å²) >= 11 is 0. The van der Waals surface area contributed by atoms with Gasteiger partial charge in [0.1, 0.15) is 5.75 Å². The van der Waals surface area contributed by atoms with Crippen LogP contribution in [-0.2, 0) is 0 Å². The van der Waals surface area contributed by atoms with Gasteiger partial charge in [0, 0.05) is 12.6 Å². The van der Waals surface area contributed by atoms with Crippen LogP contribution in [0.15, 0.2) is 24.3 Å². The fraction of sp³-hybridized carbons (Fsp3) is 0.267. The SMILES string of the molecule is CCNc1nc(Oc2ccc(C)c(C)c2)c(F)cc1F. The molecule has 1 aromatic heterocycles. The molecule has 1 heterocycles. The van der Waals surface area contributed by atoms with E-state index < -0.39 is 11.6 Å². The first-order valence-corrected chi connectivity index (χ1v) is 6.36. The average molecular weight is 278 g/mol. The highest BCUT2D eigenvalue weighted by Gasteiger charge is 2.13. The van der Waals surface area contributed by atoms with Gasteiger partial charge in [0.15, 0.2) is 17.5 Å². The third-order valence-corrected chi connectivity index (χ3v) is 2.93. The smallest absolute Gasteiger partial charge is 0.258 e. The summed E-state index contributed by atoms with van der Waals surface area (Å²) < 4.78 is 32.5. The van der Waals surface area contributed by atoms with Gasteiger partial charge in [0.05, 0.1) is 0 Å². The van der Waals surface area contributed by atoms with E-state index in [1.54, 1.807) is 19.1 Å². The van der Waals surface area contributed by atoms with Crippen molar-refractivity contribution < 1.29 is 13.5 Å². The highest BCUT2D eigenvalue weighted by atomic mass is 19.1. The molecule has 3 nitrogen and oxygen atoms in total. The lowest BCUT2D eigenvalue weighted by Gasteiger charge is -2.10. The Morgan fingerprint density at radius 3 is 2.50 bits per heavy atom. The zero-order chi connectivity index (χ0) is 14.7. The lowest BCUT2D eigenvalue weighted by molar-refractivity contribution is 0.417. The molecule has 20 heavy (non-hydrogen) atoms. The molecule has 5 heteroatoms. The lowest BCUT2D eigenvalue weighted by atomic mass is 10.1. The van der Waals surface area contributed by atoms with Gasteiger partial charge in [-0.25, -0.2) is 8.78 Å². The zero-order valence-electron chi connectivity index (χ0n) is 11.6. The quantitative estimate of drug-likeness (QED) is 0.910. The van der Waals surface area contributed by atoms with Crippen LogP contribution in [0.3, 0.4) is 0 Å². The topological polar surface area (TPSA) is 34.2 Å². The molecular weight excluding hydrogens is 262 g/mol. The van der Waals surface area contributed by atoms with Crippen LogP contribution in [-0.4, -0.2) is 11.5 Å². The van der Waals surface area contributed by atoms with Gasteiger partial charge in [-0.3, -0.25) is 0 Å². The number of anilines is 1. The van der Waals surface area contributed by atoms with Gasteiger partial charge in [0.25, 0.3) is 5.88 Å². The maximum absolute atomic E-state index is 13.7.